The van der Waals surface area contributed by atoms with Gasteiger partial charge >= 0.3 is 5.97 Å². The highest BCUT2D eigenvalue weighted by atomic mass is 16.5. The number of carbonyl (C=O) groups is 3. The van der Waals surface area contributed by atoms with E-state index in [-0.39, 0.29) is 41.8 Å². The van der Waals surface area contributed by atoms with E-state index >= 15 is 0 Å². The molecule has 3 atom stereocenters. The summed E-state index contributed by atoms with van der Waals surface area (Å²) >= 11 is 0. The number of amides is 1. The highest BCUT2D eigenvalue weighted by molar-refractivity contribution is 5.99. The first-order chi connectivity index (χ1) is 12.3. The Labute approximate surface area is 153 Å². The third-order valence-electron chi connectivity index (χ3n) is 5.43. The summed E-state index contributed by atoms with van der Waals surface area (Å²) in [7, 11) is 1.37. The minimum absolute atomic E-state index is 0.00821. The average molecular weight is 359 g/mol. The zero-order valence-corrected chi connectivity index (χ0v) is 15.4. The number of esters is 1. The van der Waals surface area contributed by atoms with E-state index < -0.39 is 6.10 Å². The molecule has 0 aromatic heterocycles. The first-order valence-corrected chi connectivity index (χ1v) is 9.00. The molecule has 0 aromatic rings. The van der Waals surface area contributed by atoms with Crippen LogP contribution in [0.5, 0.6) is 0 Å². The zero-order valence-electron chi connectivity index (χ0n) is 15.4. The maximum absolute atomic E-state index is 12.9. The van der Waals surface area contributed by atoms with Crippen molar-refractivity contribution in [3.63, 3.8) is 0 Å². The summed E-state index contributed by atoms with van der Waals surface area (Å²) < 4.78 is 4.80. The fourth-order valence-electron chi connectivity index (χ4n) is 3.89. The van der Waals surface area contributed by atoms with E-state index in [4.69, 9.17) is 4.74 Å². The predicted molar refractivity (Wildman–Crippen MR) is 94.9 cm³/mol. The molecule has 1 N–H and O–H groups in total. The average Bonchev–Trinajstić information content (AvgIpc) is 3.03. The van der Waals surface area contributed by atoms with Gasteiger partial charge in [-0.15, -0.1) is 0 Å². The van der Waals surface area contributed by atoms with Crippen LogP contribution in [0.4, 0.5) is 0 Å². The number of ether oxygens (including phenoxy) is 1. The van der Waals surface area contributed by atoms with Gasteiger partial charge in [0.15, 0.2) is 0 Å². The summed E-state index contributed by atoms with van der Waals surface area (Å²) in [6.45, 7) is 4.78. The van der Waals surface area contributed by atoms with Crippen molar-refractivity contribution in [2.24, 2.45) is 17.8 Å². The normalized spacial score (nSPS) is 28.3. The van der Waals surface area contributed by atoms with E-state index in [0.717, 1.165) is 11.1 Å². The molecule has 0 bridgehead atoms. The molecule has 0 saturated carbocycles. The summed E-state index contributed by atoms with van der Waals surface area (Å²) in [5.41, 5.74) is 2.41. The standard InChI is InChI=1S/C20H25NO5/c1-11(2)15-7-16(18(23)8-17(15)22)19(24)21-9-13-5-4-12(20(25)26-3)6-14(13)10-21/h4-5,7,11-12,15,18,23H,6,8-10H2,1-3H3. The number of carbonyl (C=O) groups excluding carboxylic acids is 3. The Hall–Kier alpha value is -2.21. The van der Waals surface area contributed by atoms with E-state index in [2.05, 4.69) is 0 Å². The third-order valence-corrected chi connectivity index (χ3v) is 5.43. The van der Waals surface area contributed by atoms with Gasteiger partial charge in [0, 0.05) is 31.0 Å². The lowest BCUT2D eigenvalue weighted by molar-refractivity contribution is -0.143. The Balaban J connectivity index is 1.73. The minimum atomic E-state index is -1.04. The van der Waals surface area contributed by atoms with Crippen LogP contribution in [-0.4, -0.2) is 54.0 Å². The van der Waals surface area contributed by atoms with Crippen LogP contribution in [0.1, 0.15) is 26.7 Å². The molecule has 2 aliphatic carbocycles. The van der Waals surface area contributed by atoms with Crippen LogP contribution < -0.4 is 0 Å². The summed E-state index contributed by atoms with van der Waals surface area (Å²) in [6, 6.07) is 0. The van der Waals surface area contributed by atoms with Crippen molar-refractivity contribution >= 4 is 17.7 Å². The molecule has 1 heterocycles. The van der Waals surface area contributed by atoms with E-state index in [1.165, 1.54) is 7.11 Å². The quantitative estimate of drug-likeness (QED) is 0.770. The summed E-state index contributed by atoms with van der Waals surface area (Å²) in [4.78, 5) is 38.4. The van der Waals surface area contributed by atoms with Crippen molar-refractivity contribution in [2.75, 3.05) is 20.2 Å². The van der Waals surface area contributed by atoms with Crippen LogP contribution in [0.3, 0.4) is 0 Å². The number of nitrogens with zero attached hydrogens (tertiary/aromatic N) is 1. The Morgan fingerprint density at radius 2 is 2.00 bits per heavy atom. The number of hydrogen-bond acceptors (Lipinski definition) is 5. The number of methoxy groups -OCH3 is 1. The molecule has 1 amide bonds. The van der Waals surface area contributed by atoms with Crippen molar-refractivity contribution in [1.82, 2.24) is 4.90 Å². The number of ketones is 1. The molecule has 140 valence electrons. The Morgan fingerprint density at radius 1 is 1.27 bits per heavy atom. The maximum atomic E-state index is 12.9. The van der Waals surface area contributed by atoms with Gasteiger partial charge in [0.1, 0.15) is 5.78 Å². The summed E-state index contributed by atoms with van der Waals surface area (Å²) in [6.07, 6.45) is 4.86. The van der Waals surface area contributed by atoms with E-state index in [9.17, 15) is 19.5 Å². The first kappa shape index (κ1) is 18.6. The number of allylic oxidation sites excluding steroid dienone is 1. The second kappa shape index (κ2) is 7.19. The van der Waals surface area contributed by atoms with E-state index in [1.807, 2.05) is 26.0 Å². The summed E-state index contributed by atoms with van der Waals surface area (Å²) in [5, 5.41) is 10.2. The fraction of sp³-hybridized carbons (Fsp3) is 0.550. The van der Waals surface area contributed by atoms with Crippen molar-refractivity contribution in [2.45, 2.75) is 32.8 Å². The molecule has 26 heavy (non-hydrogen) atoms. The summed E-state index contributed by atoms with van der Waals surface area (Å²) in [5.74, 6) is -1.07. The lowest BCUT2D eigenvalue weighted by Crippen LogP contribution is -2.39. The van der Waals surface area contributed by atoms with Gasteiger partial charge in [0.05, 0.1) is 19.1 Å². The maximum Gasteiger partial charge on any atom is 0.312 e. The molecule has 0 fully saturated rings. The smallest absolute Gasteiger partial charge is 0.312 e. The molecule has 0 radical (unpaired) electrons. The monoisotopic (exact) mass is 359 g/mol. The molecule has 3 aliphatic rings. The van der Waals surface area contributed by atoms with Gasteiger partial charge < -0.3 is 14.7 Å². The SMILES string of the molecule is COC(=O)C1C=CC2=C(C1)CN(C(=O)C1=CC(C(C)C)C(=O)CC1O)C2. The molecule has 0 aromatic carbocycles. The van der Waals surface area contributed by atoms with Gasteiger partial charge in [0.2, 0.25) is 0 Å². The highest BCUT2D eigenvalue weighted by Crippen LogP contribution is 2.33. The van der Waals surface area contributed by atoms with Crippen molar-refractivity contribution in [1.29, 1.82) is 0 Å². The molecule has 1 aliphatic heterocycles. The highest BCUT2D eigenvalue weighted by Gasteiger charge is 2.37. The minimum Gasteiger partial charge on any atom is -0.469 e. The molecule has 6 nitrogen and oxygen atoms in total. The van der Waals surface area contributed by atoms with Gasteiger partial charge in [0.25, 0.3) is 5.91 Å². The topological polar surface area (TPSA) is 83.9 Å². The van der Waals surface area contributed by atoms with Gasteiger partial charge in [-0.3, -0.25) is 14.4 Å². The van der Waals surface area contributed by atoms with Crippen LogP contribution in [0.2, 0.25) is 0 Å². The number of Topliss-reactive ketones (excluding diaryl/α,β-unsaturated/α-hetero) is 1. The van der Waals surface area contributed by atoms with Gasteiger partial charge in [-0.05, 0) is 23.5 Å². The Kier molecular flexibility index (Phi) is 5.14. The van der Waals surface area contributed by atoms with Gasteiger partial charge in [-0.25, -0.2) is 0 Å². The molecule has 0 saturated heterocycles. The lowest BCUT2D eigenvalue weighted by atomic mass is 9.80. The van der Waals surface area contributed by atoms with Gasteiger partial charge in [-0.1, -0.05) is 32.1 Å². The van der Waals surface area contributed by atoms with Crippen molar-refractivity contribution < 1.29 is 24.2 Å². The number of rotatable bonds is 3. The zero-order chi connectivity index (χ0) is 19.0. The molecule has 3 rings (SSSR count). The van der Waals surface area contributed by atoms with Crippen LogP contribution in [0.25, 0.3) is 0 Å². The molecule has 6 heteroatoms. The van der Waals surface area contributed by atoms with Crippen LogP contribution in [-0.2, 0) is 19.1 Å². The van der Waals surface area contributed by atoms with Crippen LogP contribution in [0, 0.1) is 17.8 Å². The van der Waals surface area contributed by atoms with Crippen LogP contribution >= 0.6 is 0 Å². The fourth-order valence-corrected chi connectivity index (χ4v) is 3.89. The Bertz CT molecular complexity index is 730. The lowest BCUT2D eigenvalue weighted by Gasteiger charge is -2.28. The molecular formula is C20H25NO5. The molecule has 3 unspecified atom stereocenters. The van der Waals surface area contributed by atoms with E-state index in [0.29, 0.717) is 25.1 Å². The largest absolute Gasteiger partial charge is 0.469 e. The van der Waals surface area contributed by atoms with Crippen molar-refractivity contribution in [3.05, 3.63) is 34.9 Å². The Morgan fingerprint density at radius 3 is 2.65 bits per heavy atom. The molecular weight excluding hydrogens is 334 g/mol. The predicted octanol–water partition coefficient (Wildman–Crippen LogP) is 1.41. The third kappa shape index (κ3) is 3.38. The van der Waals surface area contributed by atoms with Crippen LogP contribution in [0.15, 0.2) is 34.9 Å². The first-order valence-electron chi connectivity index (χ1n) is 9.00. The van der Waals surface area contributed by atoms with Gasteiger partial charge in [-0.2, -0.15) is 0 Å². The number of hydrogen-bond donors (Lipinski definition) is 1. The van der Waals surface area contributed by atoms with Crippen molar-refractivity contribution in [3.8, 4) is 0 Å². The van der Waals surface area contributed by atoms with E-state index in [1.54, 1.807) is 11.0 Å². The number of aliphatic hydroxyl groups excluding tert-OH is 1. The molecule has 0 spiro atoms. The second-order valence-electron chi connectivity index (χ2n) is 7.56. The number of aliphatic hydroxyl groups is 1. The second-order valence-corrected chi connectivity index (χ2v) is 7.56.